The van der Waals surface area contributed by atoms with Crippen LogP contribution in [0, 0.1) is 0 Å². The smallest absolute Gasteiger partial charge is 0.274 e. The van der Waals surface area contributed by atoms with Gasteiger partial charge in [-0.1, -0.05) is 0 Å². The van der Waals surface area contributed by atoms with E-state index in [1.807, 2.05) is 0 Å². The molecule has 2 atom stereocenters. The van der Waals surface area contributed by atoms with Crippen molar-refractivity contribution in [2.24, 2.45) is 9.98 Å². The minimum atomic E-state index is -4.56. The molecule has 0 radical (unpaired) electrons. The van der Waals surface area contributed by atoms with Crippen molar-refractivity contribution < 1.29 is 27.6 Å². The van der Waals surface area contributed by atoms with Crippen LogP contribution in [0.3, 0.4) is 0 Å². The molecule has 2 rings (SSSR count). The summed E-state index contributed by atoms with van der Waals surface area (Å²) in [6.45, 7) is 1.99. The molecule has 2 unspecified atom stereocenters. The topological polar surface area (TPSA) is 151 Å². The number of nitrogens with one attached hydrogen (secondary N) is 2. The van der Waals surface area contributed by atoms with E-state index in [0.717, 1.165) is 13.8 Å². The second-order valence-corrected chi connectivity index (χ2v) is 7.46. The zero-order valence-electron chi connectivity index (χ0n) is 10.9. The molecule has 2 N–H and O–H groups in total. The van der Waals surface area contributed by atoms with Crippen LogP contribution in [0.5, 0.6) is 0 Å². The Labute approximate surface area is 118 Å². The van der Waals surface area contributed by atoms with Gasteiger partial charge in [0.05, 0.1) is 0 Å². The fourth-order valence-corrected chi connectivity index (χ4v) is 3.67. The Morgan fingerprint density at radius 2 is 1.19 bits per heavy atom. The quantitative estimate of drug-likeness (QED) is 0.637. The lowest BCUT2D eigenvalue weighted by Gasteiger charge is -2.34. The van der Waals surface area contributed by atoms with Gasteiger partial charge in [0.25, 0.3) is 11.8 Å². The maximum atomic E-state index is 12.7. The maximum absolute atomic E-state index is 12.7. The van der Waals surface area contributed by atoms with E-state index in [9.17, 15) is 27.6 Å². The molecule has 112 valence electrons. The summed E-state index contributed by atoms with van der Waals surface area (Å²) in [5, 5.41) is 3.52. The minimum Gasteiger partial charge on any atom is -0.274 e. The van der Waals surface area contributed by atoms with Crippen LogP contribution < -0.4 is 10.6 Å². The zero-order chi connectivity index (χ0) is 16.1. The van der Waals surface area contributed by atoms with Gasteiger partial charge in [0.15, 0.2) is 19.3 Å². The van der Waals surface area contributed by atoms with E-state index in [-0.39, 0.29) is 0 Å². The molecular weight excluding hydrogens is 304 g/mol. The molecule has 0 fully saturated rings. The van der Waals surface area contributed by atoms with E-state index < -0.39 is 43.2 Å². The third-order valence-corrected chi connectivity index (χ3v) is 6.13. The normalized spacial score (nSPS) is 32.9. The average molecular weight is 314 g/mol. The zero-order valence-corrected chi connectivity index (χ0v) is 11.7. The summed E-state index contributed by atoms with van der Waals surface area (Å²) in [6.07, 6.45) is 1.32. The lowest BCUT2D eigenvalue weighted by molar-refractivity contribution is -0.120. The van der Waals surface area contributed by atoms with Crippen LogP contribution in [0.25, 0.3) is 0 Å². The molecule has 0 aromatic carbocycles. The molecule has 0 saturated heterocycles. The number of nitrogens with zero attached hydrogens (tertiary/aromatic N) is 2. The highest BCUT2D eigenvalue weighted by molar-refractivity contribution is 7.97. The van der Waals surface area contributed by atoms with Gasteiger partial charge in [-0.2, -0.15) is 0 Å². The van der Waals surface area contributed by atoms with Gasteiger partial charge in [-0.05, 0) is 13.8 Å². The van der Waals surface area contributed by atoms with E-state index in [2.05, 4.69) is 9.98 Å². The standard InChI is InChI=1S/C10H10N4O6S/c1-9(3-11-7(17)13-5(9)15)21(19,20)10(2)4-12-8(18)14-6(10)16/h3-4H,1-2H3,(H,13,15,17)(H,14,16,18). The summed E-state index contributed by atoms with van der Waals surface area (Å²) >= 11 is 0. The monoisotopic (exact) mass is 314 g/mol. The number of amides is 6. The Kier molecular flexibility index (Phi) is 3.05. The Bertz CT molecular complexity index is 683. The molecule has 0 saturated carbocycles. The highest BCUT2D eigenvalue weighted by atomic mass is 32.2. The van der Waals surface area contributed by atoms with E-state index in [0.29, 0.717) is 12.4 Å². The molecule has 0 spiro atoms. The molecule has 21 heavy (non-hydrogen) atoms. The number of aliphatic imine (C=N–C) groups is 2. The van der Waals surface area contributed by atoms with E-state index in [4.69, 9.17) is 0 Å². The molecular formula is C10H10N4O6S. The Hall–Kier alpha value is -2.43. The van der Waals surface area contributed by atoms with Crippen LogP contribution in [-0.4, -0.2) is 54.2 Å². The molecule has 2 aliphatic rings. The number of hydrogen-bond donors (Lipinski definition) is 2. The molecule has 0 aromatic rings. The second kappa shape index (κ2) is 4.28. The van der Waals surface area contributed by atoms with Crippen molar-refractivity contribution in [1.82, 2.24) is 10.6 Å². The number of urea groups is 2. The Morgan fingerprint density at radius 1 is 0.857 bits per heavy atom. The first-order chi connectivity index (χ1) is 9.54. The Balaban J connectivity index is 2.62. The lowest BCUT2D eigenvalue weighted by Crippen LogP contribution is -2.66. The third kappa shape index (κ3) is 1.88. The predicted octanol–water partition coefficient (Wildman–Crippen LogP) is -1.44. The number of rotatable bonds is 2. The van der Waals surface area contributed by atoms with Crippen molar-refractivity contribution in [3.05, 3.63) is 0 Å². The highest BCUT2D eigenvalue weighted by Crippen LogP contribution is 2.30. The summed E-state index contributed by atoms with van der Waals surface area (Å²) < 4.78 is 20.9. The largest absolute Gasteiger partial charge is 0.347 e. The number of sulfone groups is 1. The molecule has 0 aliphatic carbocycles. The van der Waals surface area contributed by atoms with Crippen LogP contribution in [-0.2, 0) is 19.4 Å². The van der Waals surface area contributed by atoms with Crippen molar-refractivity contribution in [2.75, 3.05) is 0 Å². The molecule has 0 aromatic heterocycles. The number of imide groups is 2. The van der Waals surface area contributed by atoms with Crippen LogP contribution >= 0.6 is 0 Å². The summed E-state index contributed by atoms with van der Waals surface area (Å²) in [5.74, 6) is -2.27. The number of hydrogen-bond acceptors (Lipinski definition) is 6. The van der Waals surface area contributed by atoms with Gasteiger partial charge in [0, 0.05) is 12.4 Å². The SMILES string of the molecule is CC1(S(=O)(=O)C2(C)C=NC(=O)NC2=O)C=NC(=O)NC1=O. The van der Waals surface area contributed by atoms with Crippen molar-refractivity contribution in [2.45, 2.75) is 23.3 Å². The Morgan fingerprint density at radius 3 is 1.48 bits per heavy atom. The highest BCUT2D eigenvalue weighted by Gasteiger charge is 2.60. The minimum absolute atomic E-state index is 0.659. The van der Waals surface area contributed by atoms with Crippen LogP contribution in [0.1, 0.15) is 13.8 Å². The first-order valence-electron chi connectivity index (χ1n) is 5.60. The van der Waals surface area contributed by atoms with Gasteiger partial charge in [-0.25, -0.2) is 28.0 Å². The average Bonchev–Trinajstić information content (AvgIpc) is 2.38. The van der Waals surface area contributed by atoms with Crippen LogP contribution in [0.15, 0.2) is 9.98 Å². The summed E-state index contributed by atoms with van der Waals surface area (Å²) in [7, 11) is -4.56. The van der Waals surface area contributed by atoms with Gasteiger partial charge in [-0.3, -0.25) is 20.2 Å². The molecule has 10 nitrogen and oxygen atoms in total. The van der Waals surface area contributed by atoms with Gasteiger partial charge in [0.1, 0.15) is 0 Å². The van der Waals surface area contributed by atoms with Crippen molar-refractivity contribution >= 4 is 46.1 Å². The van der Waals surface area contributed by atoms with Gasteiger partial charge in [-0.15, -0.1) is 0 Å². The number of carbonyl (C=O) groups excluding carboxylic acids is 4. The van der Waals surface area contributed by atoms with E-state index in [1.54, 1.807) is 10.6 Å². The van der Waals surface area contributed by atoms with Crippen molar-refractivity contribution in [1.29, 1.82) is 0 Å². The molecule has 11 heteroatoms. The summed E-state index contributed by atoms with van der Waals surface area (Å²) in [6, 6.07) is -2.01. The van der Waals surface area contributed by atoms with Gasteiger partial charge in [0.2, 0.25) is 0 Å². The molecule has 6 amide bonds. The molecule has 0 bridgehead atoms. The van der Waals surface area contributed by atoms with Crippen LogP contribution in [0.4, 0.5) is 9.59 Å². The van der Waals surface area contributed by atoms with Crippen molar-refractivity contribution in [3.8, 4) is 0 Å². The summed E-state index contributed by atoms with van der Waals surface area (Å²) in [5.41, 5.74) is 0. The fourth-order valence-electron chi connectivity index (χ4n) is 1.81. The van der Waals surface area contributed by atoms with Gasteiger partial charge >= 0.3 is 12.1 Å². The first kappa shape index (κ1) is 15.0. The van der Waals surface area contributed by atoms with Crippen LogP contribution in [0.2, 0.25) is 0 Å². The second-order valence-electron chi connectivity index (χ2n) is 4.75. The number of carbonyl (C=O) groups is 4. The van der Waals surface area contributed by atoms with Gasteiger partial charge < -0.3 is 0 Å². The fraction of sp³-hybridized carbons (Fsp3) is 0.400. The maximum Gasteiger partial charge on any atom is 0.347 e. The molecule has 2 aliphatic heterocycles. The first-order valence-corrected chi connectivity index (χ1v) is 7.08. The van der Waals surface area contributed by atoms with Crippen molar-refractivity contribution in [3.63, 3.8) is 0 Å². The third-order valence-electron chi connectivity index (χ3n) is 3.32. The predicted molar refractivity (Wildman–Crippen MR) is 69.8 cm³/mol. The summed E-state index contributed by atoms with van der Waals surface area (Å²) in [4.78, 5) is 52.2. The van der Waals surface area contributed by atoms with E-state index in [1.165, 1.54) is 0 Å². The molecule has 2 heterocycles. The van der Waals surface area contributed by atoms with E-state index >= 15 is 0 Å². The lowest BCUT2D eigenvalue weighted by atomic mass is 10.1.